The van der Waals surface area contributed by atoms with Crippen molar-refractivity contribution >= 4 is 28.8 Å². The smallest absolute Gasteiger partial charge is 0.161 e. The number of pyridine rings is 1. The van der Waals surface area contributed by atoms with Crippen molar-refractivity contribution in [3.05, 3.63) is 82.6 Å². The van der Waals surface area contributed by atoms with E-state index in [9.17, 15) is 0 Å². The van der Waals surface area contributed by atoms with Crippen LogP contribution in [0.5, 0.6) is 11.5 Å². The SMILES string of the molecule is COc1ccc(C2=NNC(c3cccnc3)=Nc3ccc(Cl)cc32)cc1OC. The average Bonchev–Trinajstić information content (AvgIpc) is 2.93. The molecule has 1 N–H and O–H groups in total. The lowest BCUT2D eigenvalue weighted by Crippen LogP contribution is -2.19. The molecule has 0 fully saturated rings. The summed E-state index contributed by atoms with van der Waals surface area (Å²) in [6.45, 7) is 0. The number of methoxy groups -OCH3 is 2. The molecule has 2 heterocycles. The topological polar surface area (TPSA) is 68.1 Å². The van der Waals surface area contributed by atoms with Crippen LogP contribution in [0.25, 0.3) is 0 Å². The molecular formula is C21H17ClN4O2. The summed E-state index contributed by atoms with van der Waals surface area (Å²) in [5, 5.41) is 5.22. The lowest BCUT2D eigenvalue weighted by atomic mass is 10.0. The Morgan fingerprint density at radius 1 is 0.929 bits per heavy atom. The van der Waals surface area contributed by atoms with E-state index in [0.717, 1.165) is 22.4 Å². The zero-order valence-electron chi connectivity index (χ0n) is 15.3. The Bertz CT molecular complexity index is 1080. The first-order valence-electron chi connectivity index (χ1n) is 8.54. The number of halogens is 1. The Hall–Kier alpha value is -3.38. The first-order valence-corrected chi connectivity index (χ1v) is 8.92. The molecule has 0 aliphatic carbocycles. The van der Waals surface area contributed by atoms with Crippen LogP contribution in [0, 0.1) is 0 Å². The Labute approximate surface area is 167 Å². The van der Waals surface area contributed by atoms with Gasteiger partial charge in [-0.25, -0.2) is 4.99 Å². The molecule has 1 aromatic heterocycles. The molecule has 4 rings (SSSR count). The maximum atomic E-state index is 6.26. The normalized spacial score (nSPS) is 12.8. The number of aliphatic imine (C=N–C) groups is 1. The van der Waals surface area contributed by atoms with E-state index in [1.807, 2.05) is 48.5 Å². The van der Waals surface area contributed by atoms with Crippen LogP contribution < -0.4 is 14.9 Å². The number of hydrogen-bond acceptors (Lipinski definition) is 6. The van der Waals surface area contributed by atoms with Gasteiger partial charge in [-0.15, -0.1) is 0 Å². The van der Waals surface area contributed by atoms with Crippen LogP contribution in [-0.4, -0.2) is 30.8 Å². The lowest BCUT2D eigenvalue weighted by Gasteiger charge is -2.12. The van der Waals surface area contributed by atoms with Crippen molar-refractivity contribution in [2.45, 2.75) is 0 Å². The highest BCUT2D eigenvalue weighted by Gasteiger charge is 2.19. The van der Waals surface area contributed by atoms with E-state index in [1.165, 1.54) is 0 Å². The quantitative estimate of drug-likeness (QED) is 0.723. The van der Waals surface area contributed by atoms with Crippen LogP contribution in [-0.2, 0) is 0 Å². The van der Waals surface area contributed by atoms with E-state index in [1.54, 1.807) is 26.6 Å². The molecule has 7 heteroatoms. The number of hydrazone groups is 1. The van der Waals surface area contributed by atoms with Crippen LogP contribution in [0.4, 0.5) is 5.69 Å². The second-order valence-electron chi connectivity index (χ2n) is 6.01. The lowest BCUT2D eigenvalue weighted by molar-refractivity contribution is 0.355. The van der Waals surface area contributed by atoms with Crippen LogP contribution in [0.1, 0.15) is 16.7 Å². The predicted molar refractivity (Wildman–Crippen MR) is 110 cm³/mol. The summed E-state index contributed by atoms with van der Waals surface area (Å²) in [4.78, 5) is 8.90. The van der Waals surface area contributed by atoms with Crippen molar-refractivity contribution in [1.29, 1.82) is 0 Å². The second kappa shape index (κ2) is 7.70. The molecule has 0 radical (unpaired) electrons. The van der Waals surface area contributed by atoms with Gasteiger partial charge in [0.2, 0.25) is 0 Å². The van der Waals surface area contributed by atoms with Gasteiger partial charge < -0.3 is 9.47 Å². The maximum absolute atomic E-state index is 6.26. The van der Waals surface area contributed by atoms with Crippen LogP contribution in [0.3, 0.4) is 0 Å². The minimum Gasteiger partial charge on any atom is -0.493 e. The number of fused-ring (bicyclic) bond motifs is 1. The summed E-state index contributed by atoms with van der Waals surface area (Å²) in [6.07, 6.45) is 3.45. The van der Waals surface area contributed by atoms with Gasteiger partial charge in [0.15, 0.2) is 17.3 Å². The number of amidine groups is 1. The van der Waals surface area contributed by atoms with Gasteiger partial charge in [-0.2, -0.15) is 5.10 Å². The molecule has 0 saturated heterocycles. The van der Waals surface area contributed by atoms with E-state index >= 15 is 0 Å². The molecule has 140 valence electrons. The van der Waals surface area contributed by atoms with Gasteiger partial charge in [0.05, 0.1) is 19.9 Å². The van der Waals surface area contributed by atoms with Crippen molar-refractivity contribution in [3.8, 4) is 11.5 Å². The van der Waals surface area contributed by atoms with Crippen LogP contribution >= 0.6 is 11.6 Å². The molecule has 0 spiro atoms. The Balaban J connectivity index is 1.86. The number of aromatic nitrogens is 1. The largest absolute Gasteiger partial charge is 0.493 e. The minimum atomic E-state index is 0.604. The van der Waals surface area contributed by atoms with Crippen LogP contribution in [0.15, 0.2) is 71.0 Å². The average molecular weight is 393 g/mol. The molecule has 1 aliphatic rings. The Morgan fingerprint density at radius 3 is 2.54 bits per heavy atom. The Kier molecular flexibility index (Phi) is 4.95. The third-order valence-corrected chi connectivity index (χ3v) is 4.55. The summed E-state index contributed by atoms with van der Waals surface area (Å²) in [7, 11) is 3.20. The molecule has 1 aliphatic heterocycles. The monoisotopic (exact) mass is 392 g/mol. The second-order valence-corrected chi connectivity index (χ2v) is 6.44. The van der Waals surface area contributed by atoms with Gasteiger partial charge in [-0.3, -0.25) is 10.4 Å². The fraction of sp³-hybridized carbons (Fsp3) is 0.0952. The van der Waals surface area contributed by atoms with Gasteiger partial charge in [-0.05, 0) is 48.5 Å². The zero-order chi connectivity index (χ0) is 19.5. The molecule has 3 aromatic rings. The molecule has 0 bridgehead atoms. The molecule has 6 nitrogen and oxygen atoms in total. The molecule has 28 heavy (non-hydrogen) atoms. The number of nitrogens with one attached hydrogen (secondary N) is 1. The fourth-order valence-electron chi connectivity index (χ4n) is 2.95. The predicted octanol–water partition coefficient (Wildman–Crippen LogP) is 4.19. The van der Waals surface area contributed by atoms with Gasteiger partial charge in [0, 0.05) is 34.1 Å². The van der Waals surface area contributed by atoms with Gasteiger partial charge in [0.1, 0.15) is 5.71 Å². The van der Waals surface area contributed by atoms with Crippen molar-refractivity contribution < 1.29 is 9.47 Å². The summed E-state index contributed by atoms with van der Waals surface area (Å²) < 4.78 is 10.8. The summed E-state index contributed by atoms with van der Waals surface area (Å²) >= 11 is 6.26. The molecule has 2 aromatic carbocycles. The summed E-state index contributed by atoms with van der Waals surface area (Å²) in [6, 6.07) is 14.9. The zero-order valence-corrected chi connectivity index (χ0v) is 16.1. The maximum Gasteiger partial charge on any atom is 0.161 e. The number of nitrogens with zero attached hydrogens (tertiary/aromatic N) is 3. The first-order chi connectivity index (χ1) is 13.7. The van der Waals surface area contributed by atoms with Crippen molar-refractivity contribution in [2.75, 3.05) is 14.2 Å². The molecule has 0 amide bonds. The van der Waals surface area contributed by atoms with E-state index in [4.69, 9.17) is 26.1 Å². The first kappa shape index (κ1) is 18.0. The molecule has 0 saturated carbocycles. The third kappa shape index (κ3) is 3.42. The fourth-order valence-corrected chi connectivity index (χ4v) is 3.12. The Morgan fingerprint density at radius 2 is 1.79 bits per heavy atom. The highest BCUT2D eigenvalue weighted by molar-refractivity contribution is 6.31. The minimum absolute atomic E-state index is 0.604. The van der Waals surface area contributed by atoms with Crippen molar-refractivity contribution in [3.63, 3.8) is 0 Å². The van der Waals surface area contributed by atoms with E-state index in [0.29, 0.717) is 28.1 Å². The number of benzene rings is 2. The standard InChI is InChI=1S/C21H17ClN4O2/c1-27-18-8-5-13(10-19(18)28-2)20-16-11-15(22)6-7-17(16)24-21(26-25-20)14-4-3-9-23-12-14/h3-12H,1-2H3,(H,24,26). The van der Waals surface area contributed by atoms with Gasteiger partial charge >= 0.3 is 0 Å². The molecule has 0 unspecified atom stereocenters. The summed E-state index contributed by atoms with van der Waals surface area (Å²) in [5.41, 5.74) is 7.00. The van der Waals surface area contributed by atoms with Gasteiger partial charge in [0.25, 0.3) is 0 Å². The molecular weight excluding hydrogens is 376 g/mol. The third-order valence-electron chi connectivity index (χ3n) is 4.31. The van der Waals surface area contributed by atoms with E-state index < -0.39 is 0 Å². The van der Waals surface area contributed by atoms with Gasteiger partial charge in [-0.1, -0.05) is 11.6 Å². The van der Waals surface area contributed by atoms with Crippen LogP contribution in [0.2, 0.25) is 5.02 Å². The van der Waals surface area contributed by atoms with E-state index in [2.05, 4.69) is 15.5 Å². The summed E-state index contributed by atoms with van der Waals surface area (Å²) in [5.74, 6) is 1.86. The van der Waals surface area contributed by atoms with Crippen molar-refractivity contribution in [1.82, 2.24) is 10.4 Å². The number of ether oxygens (including phenoxy) is 2. The van der Waals surface area contributed by atoms with Crippen molar-refractivity contribution in [2.24, 2.45) is 10.1 Å². The van der Waals surface area contributed by atoms with E-state index in [-0.39, 0.29) is 0 Å². The molecule has 0 atom stereocenters. The highest BCUT2D eigenvalue weighted by atomic mass is 35.5. The highest BCUT2D eigenvalue weighted by Crippen LogP contribution is 2.32. The number of hydrogen-bond donors (Lipinski definition) is 1. The number of rotatable bonds is 4.